The molecule has 2 amide bonds. The summed E-state index contributed by atoms with van der Waals surface area (Å²) < 4.78 is 32.6. The number of hydrogen-bond acceptors (Lipinski definition) is 5. The Morgan fingerprint density at radius 2 is 1.45 bits per heavy atom. The average Bonchev–Trinajstić information content (AvgIpc) is 2.78. The largest absolute Gasteiger partial charge is 0.449 e. The summed E-state index contributed by atoms with van der Waals surface area (Å²) in [7, 11) is -3.78. The third-order valence-electron chi connectivity index (χ3n) is 4.35. The maximum Gasteiger partial charge on any atom is 0.411 e. The fraction of sp³-hybridized carbons (Fsp3) is 0.167. The molecule has 0 radical (unpaired) electrons. The second-order valence-corrected chi connectivity index (χ2v) is 9.33. The van der Waals surface area contributed by atoms with E-state index in [1.165, 1.54) is 18.2 Å². The van der Waals surface area contributed by atoms with Gasteiger partial charge in [0.1, 0.15) is 0 Å². The summed E-state index contributed by atoms with van der Waals surface area (Å²) in [5, 5.41) is 5.35. The van der Waals surface area contributed by atoms with Gasteiger partial charge in [-0.1, -0.05) is 44.2 Å². The summed E-state index contributed by atoms with van der Waals surface area (Å²) in [6, 6.07) is 20.7. The molecule has 0 aromatic heterocycles. The fourth-order valence-electron chi connectivity index (χ4n) is 2.81. The Morgan fingerprint density at radius 1 is 0.818 bits per heavy atom. The Kier molecular flexibility index (Phi) is 7.68. The van der Waals surface area contributed by atoms with Gasteiger partial charge in [0.2, 0.25) is 0 Å². The molecule has 3 aromatic rings. The Morgan fingerprint density at radius 3 is 2.15 bits per heavy atom. The maximum absolute atomic E-state index is 12.7. The van der Waals surface area contributed by atoms with Crippen LogP contribution in [0.25, 0.3) is 0 Å². The van der Waals surface area contributed by atoms with Crippen molar-refractivity contribution in [3.8, 4) is 0 Å². The van der Waals surface area contributed by atoms with Gasteiger partial charge in [-0.25, -0.2) is 13.2 Å². The van der Waals surface area contributed by atoms with Gasteiger partial charge >= 0.3 is 6.09 Å². The first-order valence-corrected chi connectivity index (χ1v) is 11.7. The second-order valence-electron chi connectivity index (χ2n) is 7.65. The van der Waals surface area contributed by atoms with Crippen molar-refractivity contribution in [3.05, 3.63) is 84.4 Å². The maximum atomic E-state index is 12.7. The highest BCUT2D eigenvalue weighted by Crippen LogP contribution is 2.20. The van der Waals surface area contributed by atoms with Crippen molar-refractivity contribution in [3.63, 3.8) is 0 Å². The number of carbonyl (C=O) groups excluding carboxylic acids is 2. The lowest BCUT2D eigenvalue weighted by Crippen LogP contribution is -2.17. The molecule has 3 N–H and O–H groups in total. The zero-order chi connectivity index (χ0) is 23.8. The van der Waals surface area contributed by atoms with E-state index in [9.17, 15) is 18.0 Å². The minimum absolute atomic E-state index is 0.121. The summed E-state index contributed by atoms with van der Waals surface area (Å²) >= 11 is 0. The first-order valence-electron chi connectivity index (χ1n) is 10.3. The first-order chi connectivity index (χ1) is 15.7. The van der Waals surface area contributed by atoms with Gasteiger partial charge in [-0.15, -0.1) is 0 Å². The Bertz CT molecular complexity index is 1230. The van der Waals surface area contributed by atoms with Gasteiger partial charge in [0.25, 0.3) is 15.9 Å². The van der Waals surface area contributed by atoms with Gasteiger partial charge in [0.15, 0.2) is 0 Å². The van der Waals surface area contributed by atoms with Crippen LogP contribution < -0.4 is 15.4 Å². The van der Waals surface area contributed by atoms with Crippen molar-refractivity contribution in [1.82, 2.24) is 0 Å². The van der Waals surface area contributed by atoms with E-state index < -0.39 is 22.0 Å². The zero-order valence-corrected chi connectivity index (χ0v) is 19.1. The van der Waals surface area contributed by atoms with Gasteiger partial charge in [-0.2, -0.15) is 0 Å². The fourth-order valence-corrected chi connectivity index (χ4v) is 3.88. The molecule has 8 nitrogen and oxygen atoms in total. The molecule has 0 aliphatic carbocycles. The molecule has 0 atom stereocenters. The van der Waals surface area contributed by atoms with E-state index in [2.05, 4.69) is 15.4 Å². The van der Waals surface area contributed by atoms with Crippen LogP contribution in [0, 0.1) is 5.92 Å². The number of carbonyl (C=O) groups is 2. The molecule has 0 heterocycles. The van der Waals surface area contributed by atoms with Gasteiger partial charge in [-0.05, 0) is 54.4 Å². The molecule has 9 heteroatoms. The molecule has 0 aliphatic rings. The number of amides is 2. The molecule has 0 fully saturated rings. The highest BCUT2D eigenvalue weighted by atomic mass is 32.2. The van der Waals surface area contributed by atoms with Crippen molar-refractivity contribution < 1.29 is 22.7 Å². The normalized spacial score (nSPS) is 11.0. The summed E-state index contributed by atoms with van der Waals surface area (Å²) in [6.45, 7) is 4.17. The third-order valence-corrected chi connectivity index (χ3v) is 5.74. The monoisotopic (exact) mass is 467 g/mol. The molecule has 0 bridgehead atoms. The number of sulfonamides is 1. The summed E-state index contributed by atoms with van der Waals surface area (Å²) in [5.74, 6) is -0.218. The minimum atomic E-state index is -3.78. The molecule has 0 aliphatic heterocycles. The zero-order valence-electron chi connectivity index (χ0n) is 18.2. The van der Waals surface area contributed by atoms with E-state index in [-0.39, 0.29) is 22.1 Å². The van der Waals surface area contributed by atoms with Gasteiger partial charge in [-0.3, -0.25) is 14.8 Å². The van der Waals surface area contributed by atoms with E-state index in [1.54, 1.807) is 60.7 Å². The van der Waals surface area contributed by atoms with Gasteiger partial charge in [0, 0.05) is 22.6 Å². The van der Waals surface area contributed by atoms with Crippen LogP contribution in [0.2, 0.25) is 0 Å². The summed E-state index contributed by atoms with van der Waals surface area (Å²) in [4.78, 5) is 24.7. The lowest BCUT2D eigenvalue weighted by atomic mass is 10.2. The predicted octanol–water partition coefficient (Wildman–Crippen LogP) is 4.94. The van der Waals surface area contributed by atoms with Gasteiger partial charge < -0.3 is 10.1 Å². The molecule has 0 unspecified atom stereocenters. The van der Waals surface area contributed by atoms with Crippen molar-refractivity contribution >= 4 is 39.1 Å². The molecule has 0 saturated carbocycles. The van der Waals surface area contributed by atoms with Crippen LogP contribution in [0.5, 0.6) is 0 Å². The van der Waals surface area contributed by atoms with Crippen molar-refractivity contribution in [2.24, 2.45) is 5.92 Å². The topological polar surface area (TPSA) is 114 Å². The van der Waals surface area contributed by atoms with Crippen molar-refractivity contribution in [2.75, 3.05) is 22.0 Å². The highest BCUT2D eigenvalue weighted by Gasteiger charge is 2.15. The molecule has 0 saturated heterocycles. The van der Waals surface area contributed by atoms with E-state index in [0.717, 1.165) is 0 Å². The molecule has 33 heavy (non-hydrogen) atoms. The SMILES string of the molecule is CC(C)COC(=O)Nc1cccc(NC(=O)c2cccc(NS(=O)(=O)c3ccccc3)c2)c1. The predicted molar refractivity (Wildman–Crippen MR) is 128 cm³/mol. The number of anilines is 3. The lowest BCUT2D eigenvalue weighted by molar-refractivity contribution is 0.102. The minimum Gasteiger partial charge on any atom is -0.449 e. The number of rotatable bonds is 8. The average molecular weight is 468 g/mol. The van der Waals surface area contributed by atoms with E-state index >= 15 is 0 Å². The van der Waals surface area contributed by atoms with Crippen LogP contribution in [0.4, 0.5) is 21.9 Å². The standard InChI is InChI=1S/C24H25N3O5S/c1-17(2)16-32-24(29)26-20-10-7-9-19(15-20)25-23(28)18-8-6-11-21(14-18)27-33(30,31)22-12-4-3-5-13-22/h3-15,17,27H,16H2,1-2H3,(H,25,28)(H,26,29). The smallest absolute Gasteiger partial charge is 0.411 e. The van der Waals surface area contributed by atoms with E-state index in [4.69, 9.17) is 4.74 Å². The lowest BCUT2D eigenvalue weighted by Gasteiger charge is -2.11. The second kappa shape index (κ2) is 10.6. The molecular formula is C24H25N3O5S. The molecular weight excluding hydrogens is 442 g/mol. The first kappa shape index (κ1) is 23.8. The van der Waals surface area contributed by atoms with Crippen LogP contribution >= 0.6 is 0 Å². The van der Waals surface area contributed by atoms with Crippen LogP contribution in [0.15, 0.2) is 83.8 Å². The number of benzene rings is 3. The quantitative estimate of drug-likeness (QED) is 0.434. The van der Waals surface area contributed by atoms with Gasteiger partial charge in [0.05, 0.1) is 11.5 Å². The van der Waals surface area contributed by atoms with Crippen LogP contribution in [-0.4, -0.2) is 27.0 Å². The Hall–Kier alpha value is -3.85. The number of ether oxygens (including phenoxy) is 1. The van der Waals surface area contributed by atoms with E-state index in [0.29, 0.717) is 18.0 Å². The summed E-state index contributed by atoms with van der Waals surface area (Å²) in [6.07, 6.45) is -0.578. The van der Waals surface area contributed by atoms with Crippen molar-refractivity contribution in [1.29, 1.82) is 0 Å². The molecule has 3 aromatic carbocycles. The Labute approximate surface area is 193 Å². The number of hydrogen-bond donors (Lipinski definition) is 3. The highest BCUT2D eigenvalue weighted by molar-refractivity contribution is 7.92. The molecule has 0 spiro atoms. The number of nitrogens with one attached hydrogen (secondary N) is 3. The van der Waals surface area contributed by atoms with Crippen LogP contribution in [-0.2, 0) is 14.8 Å². The third kappa shape index (κ3) is 7.08. The van der Waals surface area contributed by atoms with Crippen molar-refractivity contribution in [2.45, 2.75) is 18.7 Å². The van der Waals surface area contributed by atoms with E-state index in [1.807, 2.05) is 13.8 Å². The molecule has 3 rings (SSSR count). The molecule has 172 valence electrons. The van der Waals surface area contributed by atoms with Crippen LogP contribution in [0.1, 0.15) is 24.2 Å². The summed E-state index contributed by atoms with van der Waals surface area (Å²) in [5.41, 5.74) is 1.44. The van der Waals surface area contributed by atoms with Crippen LogP contribution in [0.3, 0.4) is 0 Å². The Balaban J connectivity index is 1.67.